The summed E-state index contributed by atoms with van der Waals surface area (Å²) in [5, 5.41) is 0.331. The molecule has 0 radical (unpaired) electrons. The van der Waals surface area contributed by atoms with Crippen LogP contribution in [0.4, 0.5) is 5.95 Å². The maximum Gasteiger partial charge on any atom is 0.252 e. The fourth-order valence-electron chi connectivity index (χ4n) is 3.47. The Balaban J connectivity index is 1.78. The van der Waals surface area contributed by atoms with E-state index in [1.807, 2.05) is 45.0 Å². The Morgan fingerprint density at radius 3 is 2.42 bits per heavy atom. The number of rotatable bonds is 11. The number of nitrogens with zero attached hydrogens (tertiary/aromatic N) is 2. The Kier molecular flexibility index (Phi) is 8.42. The number of aromatic nitrogens is 2. The molecule has 0 atom stereocenters. The van der Waals surface area contributed by atoms with Gasteiger partial charge in [-0.25, -0.2) is 18.4 Å². The number of benzene rings is 2. The largest absolute Gasteiger partial charge is 0.491 e. The highest BCUT2D eigenvalue weighted by Crippen LogP contribution is 2.38. The van der Waals surface area contributed by atoms with Crippen LogP contribution >= 0.6 is 11.6 Å². The van der Waals surface area contributed by atoms with E-state index < -0.39 is 21.3 Å². The lowest BCUT2D eigenvalue weighted by atomic mass is 9.77. The van der Waals surface area contributed by atoms with E-state index in [9.17, 15) is 13.2 Å². The van der Waals surface area contributed by atoms with Gasteiger partial charge in [-0.05, 0) is 47.9 Å². The number of primary amides is 1. The van der Waals surface area contributed by atoms with Crippen molar-refractivity contribution in [2.45, 2.75) is 39.2 Å². The summed E-state index contributed by atoms with van der Waals surface area (Å²) in [4.78, 5) is 20.1. The zero-order valence-corrected chi connectivity index (χ0v) is 22.1. The number of ether oxygens (including phenoxy) is 2. The van der Waals surface area contributed by atoms with Crippen molar-refractivity contribution in [2.24, 2.45) is 5.73 Å². The summed E-state index contributed by atoms with van der Waals surface area (Å²) in [6.45, 7) is 6.55. The number of nitrogens with two attached hydrogens (primary N) is 1. The van der Waals surface area contributed by atoms with Gasteiger partial charge in [0.15, 0.2) is 5.75 Å². The predicted molar refractivity (Wildman–Crippen MR) is 139 cm³/mol. The van der Waals surface area contributed by atoms with Crippen LogP contribution < -0.4 is 19.9 Å². The molecule has 0 saturated carbocycles. The van der Waals surface area contributed by atoms with E-state index in [1.54, 1.807) is 18.2 Å². The SMILES string of the molecule is CCCOc1c(Cl)cc(C(C)(C)c2ccc(OCc3ccnc(NS(C)(=O)=O)n3)cc2)cc1C(N)=O. The number of carbonyl (C=O) groups is 1. The van der Waals surface area contributed by atoms with Crippen LogP contribution in [-0.2, 0) is 22.0 Å². The maximum absolute atomic E-state index is 12.1. The smallest absolute Gasteiger partial charge is 0.252 e. The van der Waals surface area contributed by atoms with Crippen molar-refractivity contribution in [3.8, 4) is 11.5 Å². The van der Waals surface area contributed by atoms with Crippen LogP contribution in [0.5, 0.6) is 11.5 Å². The number of hydrogen-bond acceptors (Lipinski definition) is 7. The third-order valence-corrected chi connectivity index (χ3v) is 6.27. The normalized spacial score (nSPS) is 11.7. The fraction of sp³-hybridized carbons (Fsp3) is 0.320. The third kappa shape index (κ3) is 6.86. The molecule has 192 valence electrons. The summed E-state index contributed by atoms with van der Waals surface area (Å²) in [5.41, 5.74) is 7.64. The van der Waals surface area contributed by atoms with Gasteiger partial charge >= 0.3 is 0 Å². The molecule has 2 aromatic carbocycles. The predicted octanol–water partition coefficient (Wildman–Crippen LogP) is 4.29. The highest BCUT2D eigenvalue weighted by Gasteiger charge is 2.27. The molecule has 36 heavy (non-hydrogen) atoms. The quantitative estimate of drug-likeness (QED) is 0.376. The molecule has 1 heterocycles. The first-order chi connectivity index (χ1) is 16.9. The standard InChI is InChI=1S/C25H29ClN4O5S/c1-5-12-34-22-20(23(27)31)13-17(14-21(22)26)25(2,3)16-6-8-19(9-7-16)35-15-18-10-11-28-24(29-18)30-36(4,32)33/h6-11,13-14H,5,12,15H2,1-4H3,(H2,27,31)(H,28,29,30). The molecule has 0 aliphatic rings. The van der Waals surface area contributed by atoms with Crippen molar-refractivity contribution in [1.82, 2.24) is 9.97 Å². The minimum absolute atomic E-state index is 0.0178. The number of halogens is 1. The molecule has 0 spiro atoms. The second-order valence-electron chi connectivity index (χ2n) is 8.73. The van der Waals surface area contributed by atoms with Crippen LogP contribution in [-0.4, -0.2) is 37.2 Å². The van der Waals surface area contributed by atoms with Crippen LogP contribution in [0.2, 0.25) is 5.02 Å². The van der Waals surface area contributed by atoms with E-state index in [2.05, 4.69) is 14.7 Å². The summed E-state index contributed by atoms with van der Waals surface area (Å²) in [5.74, 6) is 0.277. The summed E-state index contributed by atoms with van der Waals surface area (Å²) in [6, 6.07) is 12.6. The number of amides is 1. The molecule has 0 unspecified atom stereocenters. The minimum atomic E-state index is -3.48. The monoisotopic (exact) mass is 532 g/mol. The third-order valence-electron chi connectivity index (χ3n) is 5.43. The summed E-state index contributed by atoms with van der Waals surface area (Å²) in [7, 11) is -3.48. The molecule has 0 fully saturated rings. The molecule has 1 aromatic heterocycles. The van der Waals surface area contributed by atoms with Crippen LogP contribution in [0, 0.1) is 0 Å². The van der Waals surface area contributed by atoms with Gasteiger partial charge in [0.05, 0.1) is 29.1 Å². The number of hydrogen-bond donors (Lipinski definition) is 2. The average Bonchev–Trinajstić information content (AvgIpc) is 2.81. The molecule has 9 nitrogen and oxygen atoms in total. The van der Waals surface area contributed by atoms with Crippen LogP contribution in [0.1, 0.15) is 54.4 Å². The highest BCUT2D eigenvalue weighted by molar-refractivity contribution is 7.91. The van der Waals surface area contributed by atoms with Crippen LogP contribution in [0.15, 0.2) is 48.7 Å². The second kappa shape index (κ2) is 11.1. The van der Waals surface area contributed by atoms with Crippen molar-refractivity contribution >= 4 is 33.5 Å². The average molecular weight is 533 g/mol. The Hall–Kier alpha value is -3.37. The van der Waals surface area contributed by atoms with E-state index in [0.29, 0.717) is 28.8 Å². The first-order valence-electron chi connectivity index (χ1n) is 11.2. The van der Waals surface area contributed by atoms with Gasteiger partial charge in [-0.1, -0.05) is 44.5 Å². The maximum atomic E-state index is 12.1. The first kappa shape index (κ1) is 27.2. The van der Waals surface area contributed by atoms with Gasteiger partial charge in [0, 0.05) is 11.6 Å². The van der Waals surface area contributed by atoms with Crippen molar-refractivity contribution < 1.29 is 22.7 Å². The molecule has 11 heteroatoms. The lowest BCUT2D eigenvalue weighted by molar-refractivity contribution is 0.0996. The number of carbonyl (C=O) groups excluding carboxylic acids is 1. The lowest BCUT2D eigenvalue weighted by Gasteiger charge is -2.27. The zero-order chi connectivity index (χ0) is 26.5. The topological polar surface area (TPSA) is 134 Å². The van der Waals surface area contributed by atoms with Gasteiger partial charge in [-0.15, -0.1) is 0 Å². The fourth-order valence-corrected chi connectivity index (χ4v) is 4.18. The molecule has 0 bridgehead atoms. The molecular weight excluding hydrogens is 504 g/mol. The van der Waals surface area contributed by atoms with Crippen molar-refractivity contribution in [1.29, 1.82) is 0 Å². The van der Waals surface area contributed by atoms with E-state index >= 15 is 0 Å². The molecular formula is C25H29ClN4O5S. The summed E-state index contributed by atoms with van der Waals surface area (Å²) < 4.78 is 36.5. The number of sulfonamides is 1. The van der Waals surface area contributed by atoms with Crippen LogP contribution in [0.3, 0.4) is 0 Å². The van der Waals surface area contributed by atoms with Gasteiger partial charge < -0.3 is 15.2 Å². The zero-order valence-electron chi connectivity index (χ0n) is 20.5. The van der Waals surface area contributed by atoms with E-state index in [-0.39, 0.29) is 18.1 Å². The molecule has 0 aliphatic carbocycles. The highest BCUT2D eigenvalue weighted by atomic mass is 35.5. The Morgan fingerprint density at radius 2 is 1.81 bits per heavy atom. The Labute approximate surface area is 216 Å². The van der Waals surface area contributed by atoms with Gasteiger partial charge in [0.25, 0.3) is 5.91 Å². The molecule has 3 N–H and O–H groups in total. The van der Waals surface area contributed by atoms with Gasteiger partial charge in [-0.3, -0.25) is 9.52 Å². The van der Waals surface area contributed by atoms with Gasteiger partial charge in [-0.2, -0.15) is 0 Å². The second-order valence-corrected chi connectivity index (χ2v) is 10.9. The first-order valence-corrected chi connectivity index (χ1v) is 13.5. The number of nitrogens with one attached hydrogen (secondary N) is 1. The summed E-state index contributed by atoms with van der Waals surface area (Å²) >= 11 is 6.48. The van der Waals surface area contributed by atoms with Gasteiger partial charge in [0.1, 0.15) is 12.4 Å². The lowest BCUT2D eigenvalue weighted by Crippen LogP contribution is -2.21. The van der Waals surface area contributed by atoms with Crippen molar-refractivity contribution in [3.63, 3.8) is 0 Å². The number of anilines is 1. The molecule has 3 rings (SSSR count). The Bertz CT molecular complexity index is 1350. The van der Waals surface area contributed by atoms with Gasteiger partial charge in [0.2, 0.25) is 16.0 Å². The van der Waals surface area contributed by atoms with E-state index in [4.69, 9.17) is 26.8 Å². The van der Waals surface area contributed by atoms with Crippen molar-refractivity contribution in [2.75, 3.05) is 17.6 Å². The molecule has 3 aromatic rings. The van der Waals surface area contributed by atoms with Crippen LogP contribution in [0.25, 0.3) is 0 Å². The van der Waals surface area contributed by atoms with E-state index in [0.717, 1.165) is 23.8 Å². The minimum Gasteiger partial charge on any atom is -0.491 e. The Morgan fingerprint density at radius 1 is 1.11 bits per heavy atom. The van der Waals surface area contributed by atoms with E-state index in [1.165, 1.54) is 6.20 Å². The molecule has 0 aliphatic heterocycles. The molecule has 1 amide bonds. The van der Waals surface area contributed by atoms with Crippen molar-refractivity contribution in [3.05, 3.63) is 76.1 Å². The summed E-state index contributed by atoms with van der Waals surface area (Å²) in [6.07, 6.45) is 3.25. The molecule has 0 saturated heterocycles.